The summed E-state index contributed by atoms with van der Waals surface area (Å²) < 4.78 is 0. The van der Waals surface area contributed by atoms with Crippen molar-refractivity contribution < 1.29 is 9.59 Å². The fraction of sp³-hybridized carbons (Fsp3) is 0. The smallest absolute Gasteiger partial charge is 0.199 e. The van der Waals surface area contributed by atoms with Gasteiger partial charge in [0.2, 0.25) is 0 Å². The molecule has 0 aliphatic heterocycles. The lowest BCUT2D eigenvalue weighted by Gasteiger charge is -2.11. The van der Waals surface area contributed by atoms with Crippen molar-refractivity contribution in [2.75, 3.05) is 0 Å². The topological polar surface area (TPSA) is 34.1 Å². The lowest BCUT2D eigenvalue weighted by atomic mass is 10.1. The zero-order valence-corrected chi connectivity index (χ0v) is 20.9. The molecule has 35 heavy (non-hydrogen) atoms. The molecule has 0 bridgehead atoms. The highest BCUT2D eigenvalue weighted by molar-refractivity contribution is 8.08. The molecule has 0 saturated heterocycles. The minimum atomic E-state index is -0.173. The second-order valence-corrected chi connectivity index (χ2v) is 9.57. The van der Waals surface area contributed by atoms with Crippen molar-refractivity contribution in [1.29, 1.82) is 0 Å². The molecule has 0 heterocycles. The number of ketones is 2. The molecule has 0 aromatic heterocycles. The molecule has 5 heteroatoms. The number of carbonyl (C=O) groups is 2. The Labute approximate surface area is 218 Å². The fourth-order valence-corrected chi connectivity index (χ4v) is 4.59. The summed E-state index contributed by atoms with van der Waals surface area (Å²) in [4.78, 5) is 27.9. The highest BCUT2D eigenvalue weighted by Crippen LogP contribution is 2.34. The molecule has 0 unspecified atom stereocenters. The first-order valence-corrected chi connectivity index (χ1v) is 12.4. The third kappa shape index (κ3) is 6.83. The molecule has 0 aliphatic rings. The standard InChI is InChI=1S/C30H20Cl2O2S/c31-25-15-11-21(12-16-25)19-27(29(33)23-7-3-1-4-8-23)35-28(20-22-13-17-26(32)18-14-22)30(34)24-9-5-2-6-10-24/h1-20H. The monoisotopic (exact) mass is 514 g/mol. The number of allylic oxidation sites excluding steroid dienone is 2. The third-order valence-corrected chi connectivity index (χ3v) is 6.63. The maximum absolute atomic E-state index is 13.5. The average molecular weight is 515 g/mol. The molecule has 0 atom stereocenters. The largest absolute Gasteiger partial charge is 0.288 e. The first-order chi connectivity index (χ1) is 17.0. The molecule has 0 aliphatic carbocycles. The normalized spacial score (nSPS) is 11.8. The highest BCUT2D eigenvalue weighted by atomic mass is 35.5. The van der Waals surface area contributed by atoms with Crippen LogP contribution in [0.1, 0.15) is 31.8 Å². The van der Waals surface area contributed by atoms with Gasteiger partial charge in [-0.25, -0.2) is 0 Å². The second kappa shape index (κ2) is 11.9. The van der Waals surface area contributed by atoms with E-state index < -0.39 is 0 Å². The van der Waals surface area contributed by atoms with Gasteiger partial charge in [0, 0.05) is 21.2 Å². The van der Waals surface area contributed by atoms with Crippen LogP contribution >= 0.6 is 35.0 Å². The van der Waals surface area contributed by atoms with Crippen LogP contribution < -0.4 is 0 Å². The van der Waals surface area contributed by atoms with Gasteiger partial charge >= 0.3 is 0 Å². The quantitative estimate of drug-likeness (QED) is 0.174. The number of benzene rings is 4. The first kappa shape index (κ1) is 24.7. The Bertz CT molecular complexity index is 1270. The van der Waals surface area contributed by atoms with Crippen LogP contribution in [0.25, 0.3) is 12.2 Å². The van der Waals surface area contributed by atoms with Crippen LogP contribution in [0, 0.1) is 0 Å². The molecule has 2 nitrogen and oxygen atoms in total. The minimum absolute atomic E-state index is 0.173. The van der Waals surface area contributed by atoms with Gasteiger partial charge in [0.25, 0.3) is 0 Å². The molecule has 4 aromatic rings. The Morgan fingerprint density at radius 2 is 0.857 bits per heavy atom. The van der Waals surface area contributed by atoms with Gasteiger partial charge in [-0.05, 0) is 47.5 Å². The van der Waals surface area contributed by atoms with Crippen molar-refractivity contribution in [2.24, 2.45) is 0 Å². The van der Waals surface area contributed by atoms with E-state index >= 15 is 0 Å². The summed E-state index contributed by atoms with van der Waals surface area (Å²) in [5.41, 5.74) is 2.69. The maximum atomic E-state index is 13.5. The van der Waals surface area contributed by atoms with Gasteiger partial charge < -0.3 is 0 Å². The number of hydrogen-bond donors (Lipinski definition) is 0. The zero-order valence-electron chi connectivity index (χ0n) is 18.5. The van der Waals surface area contributed by atoms with Crippen molar-refractivity contribution in [3.63, 3.8) is 0 Å². The zero-order chi connectivity index (χ0) is 24.6. The lowest BCUT2D eigenvalue weighted by Crippen LogP contribution is -2.05. The van der Waals surface area contributed by atoms with Crippen LogP contribution in [0.15, 0.2) is 119 Å². The Morgan fingerprint density at radius 3 is 1.20 bits per heavy atom. The molecule has 4 rings (SSSR count). The Balaban J connectivity index is 1.79. The van der Waals surface area contributed by atoms with E-state index in [9.17, 15) is 9.59 Å². The summed E-state index contributed by atoms with van der Waals surface area (Å²) in [5, 5.41) is 1.21. The highest BCUT2D eigenvalue weighted by Gasteiger charge is 2.20. The van der Waals surface area contributed by atoms with Crippen molar-refractivity contribution in [3.8, 4) is 0 Å². The number of halogens is 2. The minimum Gasteiger partial charge on any atom is -0.288 e. The second-order valence-electron chi connectivity index (χ2n) is 7.61. The number of thioether (sulfide) groups is 1. The molecule has 0 saturated carbocycles. The maximum Gasteiger partial charge on any atom is 0.199 e. The van der Waals surface area contributed by atoms with E-state index in [1.54, 1.807) is 60.7 Å². The summed E-state index contributed by atoms with van der Waals surface area (Å²) in [7, 11) is 0. The third-order valence-electron chi connectivity index (χ3n) is 5.07. The van der Waals surface area contributed by atoms with Crippen LogP contribution in [0.2, 0.25) is 10.0 Å². The Kier molecular flexibility index (Phi) is 8.38. The van der Waals surface area contributed by atoms with Gasteiger partial charge in [0.05, 0.1) is 9.81 Å². The lowest BCUT2D eigenvalue weighted by molar-refractivity contribution is 0.103. The van der Waals surface area contributed by atoms with Gasteiger partial charge in [-0.15, -0.1) is 0 Å². The van der Waals surface area contributed by atoms with E-state index in [0.717, 1.165) is 22.9 Å². The number of rotatable bonds is 8. The summed E-state index contributed by atoms with van der Waals surface area (Å²) in [6.07, 6.45) is 3.56. The molecule has 0 amide bonds. The summed E-state index contributed by atoms with van der Waals surface area (Å²) in [5.74, 6) is -0.346. The molecule has 0 spiro atoms. The van der Waals surface area contributed by atoms with Crippen LogP contribution in [0.4, 0.5) is 0 Å². The average Bonchev–Trinajstić information content (AvgIpc) is 2.90. The van der Waals surface area contributed by atoms with E-state index in [1.807, 2.05) is 60.7 Å². The predicted octanol–water partition coefficient (Wildman–Crippen LogP) is 8.87. The van der Waals surface area contributed by atoms with E-state index in [4.69, 9.17) is 23.2 Å². The Hall–Kier alpha value is -3.37. The van der Waals surface area contributed by atoms with Gasteiger partial charge in [-0.1, -0.05) is 120 Å². The predicted molar refractivity (Wildman–Crippen MR) is 148 cm³/mol. The molecular formula is C30H20Cl2O2S. The van der Waals surface area contributed by atoms with Crippen LogP contribution in [-0.4, -0.2) is 11.6 Å². The number of hydrogen-bond acceptors (Lipinski definition) is 3. The van der Waals surface area contributed by atoms with E-state index in [1.165, 1.54) is 0 Å². The number of Topliss-reactive ketones (excluding diaryl/α,β-unsaturated/α-hetero) is 2. The van der Waals surface area contributed by atoms with Crippen molar-refractivity contribution in [1.82, 2.24) is 0 Å². The first-order valence-electron chi connectivity index (χ1n) is 10.8. The van der Waals surface area contributed by atoms with Gasteiger partial charge in [0.1, 0.15) is 0 Å². The van der Waals surface area contributed by atoms with E-state index in [-0.39, 0.29) is 11.6 Å². The molecule has 4 aromatic carbocycles. The molecule has 0 radical (unpaired) electrons. The molecule has 0 fully saturated rings. The van der Waals surface area contributed by atoms with E-state index in [2.05, 4.69) is 0 Å². The van der Waals surface area contributed by atoms with Gasteiger partial charge in [-0.3, -0.25) is 9.59 Å². The van der Waals surface area contributed by atoms with E-state index in [0.29, 0.717) is 31.0 Å². The van der Waals surface area contributed by atoms with Crippen LogP contribution in [-0.2, 0) is 0 Å². The number of carbonyl (C=O) groups excluding carboxylic acids is 2. The molecule has 172 valence electrons. The molecule has 0 N–H and O–H groups in total. The van der Waals surface area contributed by atoms with Crippen molar-refractivity contribution >= 4 is 58.7 Å². The van der Waals surface area contributed by atoms with Crippen molar-refractivity contribution in [3.05, 3.63) is 151 Å². The van der Waals surface area contributed by atoms with Gasteiger partial charge in [0.15, 0.2) is 11.6 Å². The summed E-state index contributed by atoms with van der Waals surface area (Å²) in [6, 6.07) is 32.4. The fourth-order valence-electron chi connectivity index (χ4n) is 3.29. The van der Waals surface area contributed by atoms with Gasteiger partial charge in [-0.2, -0.15) is 0 Å². The van der Waals surface area contributed by atoms with Crippen LogP contribution in [0.3, 0.4) is 0 Å². The summed E-state index contributed by atoms with van der Waals surface area (Å²) in [6.45, 7) is 0. The molecular weight excluding hydrogens is 495 g/mol. The Morgan fingerprint density at radius 1 is 0.514 bits per heavy atom. The van der Waals surface area contributed by atoms with Crippen molar-refractivity contribution in [2.45, 2.75) is 0 Å². The summed E-state index contributed by atoms with van der Waals surface area (Å²) >= 11 is 13.2. The SMILES string of the molecule is O=C(C(=Cc1ccc(Cl)cc1)SC(=Cc1ccc(Cl)cc1)C(=O)c1ccccc1)c1ccccc1. The van der Waals surface area contributed by atoms with Crippen LogP contribution in [0.5, 0.6) is 0 Å².